The second-order valence-corrected chi connectivity index (χ2v) is 5.29. The van der Waals surface area contributed by atoms with Crippen LogP contribution in [-0.4, -0.2) is 26.0 Å². The van der Waals surface area contributed by atoms with Gasteiger partial charge < -0.3 is 16.0 Å². The topological polar surface area (TPSA) is 58.4 Å². The van der Waals surface area contributed by atoms with Crippen LogP contribution in [-0.2, 0) is 11.2 Å². The molecule has 0 aromatic heterocycles. The molecule has 2 aliphatic heterocycles. The number of nitrogens with one attached hydrogen (secondary N) is 1. The van der Waals surface area contributed by atoms with Gasteiger partial charge in [0.2, 0.25) is 5.91 Å². The van der Waals surface area contributed by atoms with Crippen molar-refractivity contribution in [2.45, 2.75) is 18.9 Å². The second kappa shape index (κ2) is 4.37. The molecule has 2 heterocycles. The minimum Gasteiger partial charge on any atom is -0.324 e. The Bertz CT molecular complexity index is 482. The molecular formula is C14H19N3O. The number of hydrogen-bond donors (Lipinski definition) is 2. The van der Waals surface area contributed by atoms with Gasteiger partial charge in [0.05, 0.1) is 0 Å². The second-order valence-electron chi connectivity index (χ2n) is 5.29. The Morgan fingerprint density at radius 2 is 2.17 bits per heavy atom. The Morgan fingerprint density at radius 1 is 1.39 bits per heavy atom. The number of rotatable bonds is 2. The number of benzene rings is 1. The molecule has 1 amide bonds. The van der Waals surface area contributed by atoms with E-state index in [0.717, 1.165) is 25.2 Å². The Hall–Kier alpha value is -1.39. The monoisotopic (exact) mass is 245 g/mol. The van der Waals surface area contributed by atoms with E-state index in [1.807, 2.05) is 13.1 Å². The van der Waals surface area contributed by atoms with E-state index in [0.29, 0.717) is 12.3 Å². The molecule has 1 aromatic carbocycles. The van der Waals surface area contributed by atoms with Gasteiger partial charge in [0.15, 0.2) is 0 Å². The van der Waals surface area contributed by atoms with Crippen molar-refractivity contribution in [3.63, 3.8) is 0 Å². The third-order valence-corrected chi connectivity index (χ3v) is 4.15. The maximum Gasteiger partial charge on any atom is 0.227 e. The van der Waals surface area contributed by atoms with Gasteiger partial charge >= 0.3 is 0 Å². The van der Waals surface area contributed by atoms with Crippen molar-refractivity contribution in [2.24, 2.45) is 11.7 Å². The van der Waals surface area contributed by atoms with E-state index in [1.165, 1.54) is 11.1 Å². The van der Waals surface area contributed by atoms with Crippen LogP contribution in [0.3, 0.4) is 0 Å². The zero-order chi connectivity index (χ0) is 12.7. The lowest BCUT2D eigenvalue weighted by molar-refractivity contribution is -0.118. The summed E-state index contributed by atoms with van der Waals surface area (Å²) in [6.07, 6.45) is 1.44. The van der Waals surface area contributed by atoms with Crippen molar-refractivity contribution in [2.75, 3.05) is 25.0 Å². The van der Waals surface area contributed by atoms with E-state index in [1.54, 1.807) is 4.90 Å². The normalized spacial score (nSPS) is 21.4. The number of hydrogen-bond acceptors (Lipinski definition) is 3. The molecule has 96 valence electrons. The molecule has 0 bridgehead atoms. The lowest BCUT2D eigenvalue weighted by atomic mass is 9.87. The van der Waals surface area contributed by atoms with Crippen molar-refractivity contribution < 1.29 is 4.79 Å². The number of nitrogens with zero attached hydrogens (tertiary/aromatic N) is 1. The van der Waals surface area contributed by atoms with Gasteiger partial charge in [0.1, 0.15) is 0 Å². The van der Waals surface area contributed by atoms with Crippen molar-refractivity contribution in [3.05, 3.63) is 29.3 Å². The van der Waals surface area contributed by atoms with Gasteiger partial charge in [-0.05, 0) is 23.6 Å². The molecule has 1 saturated heterocycles. The van der Waals surface area contributed by atoms with Gasteiger partial charge in [-0.1, -0.05) is 12.1 Å². The average Bonchev–Trinajstić information content (AvgIpc) is 2.31. The third-order valence-electron chi connectivity index (χ3n) is 4.15. The van der Waals surface area contributed by atoms with Gasteiger partial charge in [0.25, 0.3) is 0 Å². The summed E-state index contributed by atoms with van der Waals surface area (Å²) in [5.41, 5.74) is 9.76. The fourth-order valence-electron chi connectivity index (χ4n) is 2.72. The first-order chi connectivity index (χ1) is 8.66. The Kier molecular flexibility index (Phi) is 2.84. The molecule has 0 spiro atoms. The highest BCUT2D eigenvalue weighted by molar-refractivity contribution is 5.95. The largest absolute Gasteiger partial charge is 0.324 e. The lowest BCUT2D eigenvalue weighted by Gasteiger charge is -2.33. The molecule has 3 N–H and O–H groups in total. The first-order valence-corrected chi connectivity index (χ1v) is 6.52. The summed E-state index contributed by atoms with van der Waals surface area (Å²) in [5, 5.41) is 3.25. The number of carbonyl (C=O) groups excluding carboxylic acids is 1. The zero-order valence-electron chi connectivity index (χ0n) is 10.6. The lowest BCUT2D eigenvalue weighted by Crippen LogP contribution is -2.47. The van der Waals surface area contributed by atoms with Crippen LogP contribution in [0.1, 0.15) is 23.6 Å². The average molecular weight is 245 g/mol. The molecule has 0 aliphatic carbocycles. The summed E-state index contributed by atoms with van der Waals surface area (Å²) in [5.74, 6) is 0.744. The SMILES string of the molecule is CN1C(=O)CCc2cc(C(N)C3CNC3)ccc21. The van der Waals surface area contributed by atoms with Crippen molar-refractivity contribution in [1.29, 1.82) is 0 Å². The maximum atomic E-state index is 11.6. The first-order valence-electron chi connectivity index (χ1n) is 6.52. The molecule has 0 saturated carbocycles. The van der Waals surface area contributed by atoms with Gasteiger partial charge in [0, 0.05) is 44.2 Å². The van der Waals surface area contributed by atoms with Crippen LogP contribution in [0, 0.1) is 5.92 Å². The highest BCUT2D eigenvalue weighted by atomic mass is 16.2. The zero-order valence-corrected chi connectivity index (χ0v) is 10.6. The van der Waals surface area contributed by atoms with Crippen LogP contribution >= 0.6 is 0 Å². The summed E-state index contributed by atoms with van der Waals surface area (Å²) in [7, 11) is 1.84. The molecular weight excluding hydrogens is 226 g/mol. The van der Waals surface area contributed by atoms with Crippen LogP contribution in [0.2, 0.25) is 0 Å². The summed E-state index contributed by atoms with van der Waals surface area (Å²) in [6.45, 7) is 2.02. The predicted octanol–water partition coefficient (Wildman–Crippen LogP) is 0.815. The van der Waals surface area contributed by atoms with Crippen molar-refractivity contribution >= 4 is 11.6 Å². The van der Waals surface area contributed by atoms with Gasteiger partial charge in [-0.15, -0.1) is 0 Å². The minimum atomic E-state index is 0.111. The summed E-state index contributed by atoms with van der Waals surface area (Å²) >= 11 is 0. The fourth-order valence-corrected chi connectivity index (χ4v) is 2.72. The van der Waals surface area contributed by atoms with Crippen LogP contribution in [0.25, 0.3) is 0 Å². The summed E-state index contributed by atoms with van der Waals surface area (Å²) in [6, 6.07) is 6.39. The van der Waals surface area contributed by atoms with Gasteiger partial charge in [-0.25, -0.2) is 0 Å². The molecule has 1 aromatic rings. The van der Waals surface area contributed by atoms with Crippen LogP contribution in [0.15, 0.2) is 18.2 Å². The quantitative estimate of drug-likeness (QED) is 0.811. The van der Waals surface area contributed by atoms with E-state index >= 15 is 0 Å². The number of amides is 1. The predicted molar refractivity (Wildman–Crippen MR) is 71.5 cm³/mol. The first kappa shape index (κ1) is 11.7. The van der Waals surface area contributed by atoms with Crippen LogP contribution in [0.4, 0.5) is 5.69 Å². The molecule has 18 heavy (non-hydrogen) atoms. The molecule has 1 fully saturated rings. The standard InChI is InChI=1S/C14H19N3O/c1-17-12-4-2-10(14(15)11-7-16-8-11)6-9(12)3-5-13(17)18/h2,4,6,11,14,16H,3,5,7-8,15H2,1H3. The Morgan fingerprint density at radius 3 is 2.83 bits per heavy atom. The molecule has 0 radical (unpaired) electrons. The number of carbonyl (C=O) groups is 1. The number of nitrogens with two attached hydrogens (primary N) is 1. The summed E-state index contributed by atoms with van der Waals surface area (Å²) < 4.78 is 0. The molecule has 1 atom stereocenters. The Balaban J connectivity index is 1.89. The molecule has 4 nitrogen and oxygen atoms in total. The number of aryl methyl sites for hydroxylation is 1. The molecule has 2 aliphatic rings. The van der Waals surface area contributed by atoms with E-state index in [4.69, 9.17) is 5.73 Å². The highest BCUT2D eigenvalue weighted by Gasteiger charge is 2.27. The summed E-state index contributed by atoms with van der Waals surface area (Å²) in [4.78, 5) is 13.4. The van der Waals surface area contributed by atoms with E-state index in [2.05, 4.69) is 17.4 Å². The number of anilines is 1. The highest BCUT2D eigenvalue weighted by Crippen LogP contribution is 2.31. The van der Waals surface area contributed by atoms with Gasteiger partial charge in [-0.2, -0.15) is 0 Å². The third kappa shape index (κ3) is 1.82. The van der Waals surface area contributed by atoms with E-state index in [9.17, 15) is 4.79 Å². The molecule has 4 heteroatoms. The molecule has 3 rings (SSSR count). The van der Waals surface area contributed by atoms with E-state index < -0.39 is 0 Å². The minimum absolute atomic E-state index is 0.111. The smallest absolute Gasteiger partial charge is 0.227 e. The maximum absolute atomic E-state index is 11.6. The number of fused-ring (bicyclic) bond motifs is 1. The van der Waals surface area contributed by atoms with Crippen LogP contribution in [0.5, 0.6) is 0 Å². The Labute approximate surface area is 107 Å². The fraction of sp³-hybridized carbons (Fsp3) is 0.500. The molecule has 1 unspecified atom stereocenters. The van der Waals surface area contributed by atoms with E-state index in [-0.39, 0.29) is 11.9 Å². The van der Waals surface area contributed by atoms with Crippen molar-refractivity contribution in [3.8, 4) is 0 Å². The van der Waals surface area contributed by atoms with Crippen molar-refractivity contribution in [1.82, 2.24) is 5.32 Å². The van der Waals surface area contributed by atoms with Crippen LogP contribution < -0.4 is 16.0 Å². The van der Waals surface area contributed by atoms with Gasteiger partial charge in [-0.3, -0.25) is 4.79 Å².